The predicted molar refractivity (Wildman–Crippen MR) is 47.9 cm³/mol. The second-order valence-corrected chi connectivity index (χ2v) is 2.89. The Hall–Kier alpha value is -2.11. The maximum Gasteiger partial charge on any atom is 0.353 e. The average molecular weight is 192 g/mol. The van der Waals surface area contributed by atoms with Gasteiger partial charge < -0.3 is 10.1 Å². The summed E-state index contributed by atoms with van der Waals surface area (Å²) in [6.45, 7) is 1.86. The van der Waals surface area contributed by atoms with Crippen molar-refractivity contribution in [2.75, 3.05) is 0 Å². The van der Waals surface area contributed by atoms with Crippen LogP contribution in [0.15, 0.2) is 12.3 Å². The van der Waals surface area contributed by atoms with Crippen molar-refractivity contribution in [3.05, 3.63) is 23.7 Å². The van der Waals surface area contributed by atoms with Crippen LogP contribution in [0.2, 0.25) is 0 Å². The minimum atomic E-state index is -1.03. The van der Waals surface area contributed by atoms with E-state index in [0.29, 0.717) is 11.5 Å². The summed E-state index contributed by atoms with van der Waals surface area (Å²) in [4.78, 5) is 17.1. The molecule has 2 aromatic heterocycles. The van der Waals surface area contributed by atoms with Crippen LogP contribution in [-0.2, 0) is 0 Å². The van der Waals surface area contributed by atoms with Crippen molar-refractivity contribution in [3.63, 3.8) is 0 Å². The molecule has 0 radical (unpaired) electrons. The number of carbonyl (C=O) groups is 1. The largest absolute Gasteiger partial charge is 0.477 e. The van der Waals surface area contributed by atoms with Crippen LogP contribution in [0.3, 0.4) is 0 Å². The number of hydrogen-bond acceptors (Lipinski definition) is 3. The molecule has 72 valence electrons. The summed E-state index contributed by atoms with van der Waals surface area (Å²) in [6, 6.07) is 1.78. The van der Waals surface area contributed by atoms with E-state index in [1.54, 1.807) is 6.07 Å². The van der Waals surface area contributed by atoms with E-state index < -0.39 is 5.97 Å². The van der Waals surface area contributed by atoms with Crippen molar-refractivity contribution >= 4 is 5.97 Å². The highest BCUT2D eigenvalue weighted by atomic mass is 16.4. The average Bonchev–Trinajstić information content (AvgIpc) is 2.70. The first-order valence-corrected chi connectivity index (χ1v) is 3.97. The van der Waals surface area contributed by atoms with E-state index >= 15 is 0 Å². The number of carboxylic acid groups (broad SMARTS) is 1. The molecule has 14 heavy (non-hydrogen) atoms. The number of aryl methyl sites for hydroxylation is 1. The van der Waals surface area contributed by atoms with Gasteiger partial charge in [-0.15, -0.1) is 0 Å². The van der Waals surface area contributed by atoms with E-state index in [4.69, 9.17) is 5.11 Å². The zero-order valence-corrected chi connectivity index (χ0v) is 7.40. The molecule has 6 heteroatoms. The van der Waals surface area contributed by atoms with E-state index in [1.807, 2.05) is 6.92 Å². The molecule has 0 aromatic carbocycles. The standard InChI is InChI=1S/C8H8N4O2/c1-4-2-5(12-11-4)7-9-3-6(10-7)8(13)14/h2-3H,1H3,(H,9,10)(H,11,12)(H,13,14). The lowest BCUT2D eigenvalue weighted by Crippen LogP contribution is -1.95. The number of aromatic nitrogens is 4. The molecule has 2 rings (SSSR count). The first kappa shape index (κ1) is 8.49. The molecule has 2 heterocycles. The van der Waals surface area contributed by atoms with E-state index in [0.717, 1.165) is 5.69 Å². The number of H-pyrrole nitrogens is 2. The van der Waals surface area contributed by atoms with Gasteiger partial charge in [0.25, 0.3) is 0 Å². The first-order valence-electron chi connectivity index (χ1n) is 3.97. The third-order valence-electron chi connectivity index (χ3n) is 1.75. The molecule has 3 N–H and O–H groups in total. The summed E-state index contributed by atoms with van der Waals surface area (Å²) in [6.07, 6.45) is 1.27. The smallest absolute Gasteiger partial charge is 0.353 e. The van der Waals surface area contributed by atoms with Gasteiger partial charge >= 0.3 is 5.97 Å². The molecular weight excluding hydrogens is 184 g/mol. The molecule has 0 saturated heterocycles. The van der Waals surface area contributed by atoms with Crippen molar-refractivity contribution in [2.24, 2.45) is 0 Å². The second-order valence-electron chi connectivity index (χ2n) is 2.89. The monoisotopic (exact) mass is 192 g/mol. The highest BCUT2D eigenvalue weighted by molar-refractivity contribution is 5.85. The Morgan fingerprint density at radius 2 is 2.36 bits per heavy atom. The fourth-order valence-corrected chi connectivity index (χ4v) is 1.10. The summed E-state index contributed by atoms with van der Waals surface area (Å²) >= 11 is 0. The lowest BCUT2D eigenvalue weighted by Gasteiger charge is -1.86. The van der Waals surface area contributed by atoms with Gasteiger partial charge in [0, 0.05) is 5.69 Å². The molecule has 0 aliphatic rings. The van der Waals surface area contributed by atoms with E-state index in [-0.39, 0.29) is 5.69 Å². The molecule has 2 aromatic rings. The Kier molecular flexibility index (Phi) is 1.81. The molecule has 6 nitrogen and oxygen atoms in total. The highest BCUT2D eigenvalue weighted by Crippen LogP contribution is 2.13. The SMILES string of the molecule is Cc1cc(-c2ncc(C(=O)O)[nH]2)n[nH]1. The fourth-order valence-electron chi connectivity index (χ4n) is 1.10. The van der Waals surface area contributed by atoms with Crippen LogP contribution >= 0.6 is 0 Å². The number of aromatic carboxylic acids is 1. The molecule has 0 aliphatic heterocycles. The molecule has 0 unspecified atom stereocenters. The van der Waals surface area contributed by atoms with Crippen LogP contribution in [0.5, 0.6) is 0 Å². The summed E-state index contributed by atoms with van der Waals surface area (Å²) in [7, 11) is 0. The Bertz CT molecular complexity index is 471. The van der Waals surface area contributed by atoms with Crippen molar-refractivity contribution in [3.8, 4) is 11.5 Å². The summed E-state index contributed by atoms with van der Waals surface area (Å²) < 4.78 is 0. The zero-order chi connectivity index (χ0) is 10.1. The lowest BCUT2D eigenvalue weighted by molar-refractivity contribution is 0.0691. The van der Waals surface area contributed by atoms with Crippen LogP contribution in [0.25, 0.3) is 11.5 Å². The van der Waals surface area contributed by atoms with E-state index in [1.165, 1.54) is 6.20 Å². The Labute approximate surface area is 79.0 Å². The van der Waals surface area contributed by atoms with Crippen molar-refractivity contribution in [2.45, 2.75) is 6.92 Å². The van der Waals surface area contributed by atoms with Crippen LogP contribution in [0, 0.1) is 6.92 Å². The van der Waals surface area contributed by atoms with Gasteiger partial charge in [0.05, 0.1) is 6.20 Å². The first-order chi connectivity index (χ1) is 6.66. The van der Waals surface area contributed by atoms with Gasteiger partial charge in [0.2, 0.25) is 0 Å². The molecule has 0 amide bonds. The topological polar surface area (TPSA) is 94.7 Å². The van der Waals surface area contributed by atoms with Crippen molar-refractivity contribution < 1.29 is 9.90 Å². The molecule has 0 fully saturated rings. The minimum absolute atomic E-state index is 0.0562. The highest BCUT2D eigenvalue weighted by Gasteiger charge is 2.10. The number of imidazole rings is 1. The predicted octanol–water partition coefficient (Wildman–Crippen LogP) is 0.806. The van der Waals surface area contributed by atoms with Gasteiger partial charge in [-0.05, 0) is 13.0 Å². The maximum atomic E-state index is 10.6. The van der Waals surface area contributed by atoms with Gasteiger partial charge in [-0.1, -0.05) is 0 Å². The number of aromatic amines is 2. The molecule has 0 atom stereocenters. The number of nitrogens with zero attached hydrogens (tertiary/aromatic N) is 2. The second kappa shape index (κ2) is 2.99. The summed E-state index contributed by atoms with van der Waals surface area (Å²) in [5.41, 5.74) is 1.56. The summed E-state index contributed by atoms with van der Waals surface area (Å²) in [5.74, 6) is -0.581. The molecular formula is C8H8N4O2. The Balaban J connectivity index is 2.38. The van der Waals surface area contributed by atoms with Crippen molar-refractivity contribution in [1.29, 1.82) is 0 Å². The van der Waals surface area contributed by atoms with E-state index in [2.05, 4.69) is 20.2 Å². The van der Waals surface area contributed by atoms with Gasteiger partial charge in [-0.2, -0.15) is 5.10 Å². The van der Waals surface area contributed by atoms with Crippen LogP contribution in [0.1, 0.15) is 16.2 Å². The Morgan fingerprint density at radius 1 is 1.57 bits per heavy atom. The van der Waals surface area contributed by atoms with Gasteiger partial charge in [0.1, 0.15) is 11.4 Å². The van der Waals surface area contributed by atoms with Gasteiger partial charge in [0.15, 0.2) is 5.82 Å². The molecule has 0 bridgehead atoms. The third kappa shape index (κ3) is 1.37. The quantitative estimate of drug-likeness (QED) is 0.656. The normalized spacial score (nSPS) is 10.4. The minimum Gasteiger partial charge on any atom is -0.477 e. The Morgan fingerprint density at radius 3 is 2.86 bits per heavy atom. The summed E-state index contributed by atoms with van der Waals surface area (Å²) in [5, 5.41) is 15.3. The fraction of sp³-hybridized carbons (Fsp3) is 0.125. The molecule has 0 aliphatic carbocycles. The lowest BCUT2D eigenvalue weighted by atomic mass is 10.3. The molecule has 0 saturated carbocycles. The third-order valence-corrected chi connectivity index (χ3v) is 1.75. The number of rotatable bonds is 2. The number of nitrogens with one attached hydrogen (secondary N) is 2. The maximum absolute atomic E-state index is 10.6. The van der Waals surface area contributed by atoms with Crippen LogP contribution < -0.4 is 0 Å². The van der Waals surface area contributed by atoms with Crippen LogP contribution in [-0.4, -0.2) is 31.2 Å². The van der Waals surface area contributed by atoms with Crippen molar-refractivity contribution in [1.82, 2.24) is 20.2 Å². The number of hydrogen-bond donors (Lipinski definition) is 3. The van der Waals surface area contributed by atoms with Gasteiger partial charge in [-0.3, -0.25) is 5.10 Å². The molecule has 0 spiro atoms. The van der Waals surface area contributed by atoms with Crippen LogP contribution in [0.4, 0.5) is 0 Å². The van der Waals surface area contributed by atoms with E-state index in [9.17, 15) is 4.79 Å². The number of carboxylic acids is 1. The zero-order valence-electron chi connectivity index (χ0n) is 7.40. The van der Waals surface area contributed by atoms with Gasteiger partial charge in [-0.25, -0.2) is 9.78 Å².